The zero-order chi connectivity index (χ0) is 12.5. The molecule has 98 valence electrons. The first-order valence-corrected chi connectivity index (χ1v) is 7.35. The van der Waals surface area contributed by atoms with Crippen LogP contribution in [0.2, 0.25) is 0 Å². The molecule has 1 fully saturated rings. The molecule has 1 unspecified atom stereocenters. The van der Waals surface area contributed by atoms with E-state index in [1.54, 1.807) is 0 Å². The summed E-state index contributed by atoms with van der Waals surface area (Å²) in [5.74, 6) is 0. The minimum absolute atomic E-state index is 0.461. The Morgan fingerprint density at radius 1 is 1.22 bits per heavy atom. The molecular weight excluding hydrogens is 220 g/mol. The van der Waals surface area contributed by atoms with Crippen LogP contribution in [0.1, 0.15) is 54.8 Å². The van der Waals surface area contributed by atoms with Gasteiger partial charge in [-0.3, -0.25) is 4.90 Å². The van der Waals surface area contributed by atoms with Gasteiger partial charge in [-0.2, -0.15) is 0 Å². The Morgan fingerprint density at radius 2 is 2.00 bits per heavy atom. The standard InChI is InChI=1S/C16H24N2/c1-12-7-8-13-11-18(14-5-3-2-4-6-14)16(10-17)15(13)9-12/h7-9,14,16H,2-6,10-11,17H2,1H3. The molecule has 0 aromatic heterocycles. The van der Waals surface area contributed by atoms with E-state index in [0.717, 1.165) is 19.1 Å². The summed E-state index contributed by atoms with van der Waals surface area (Å²) in [6, 6.07) is 8.10. The van der Waals surface area contributed by atoms with E-state index in [0.29, 0.717) is 6.04 Å². The molecule has 2 N–H and O–H groups in total. The van der Waals surface area contributed by atoms with E-state index in [-0.39, 0.29) is 0 Å². The second kappa shape index (κ2) is 5.02. The molecule has 0 bridgehead atoms. The van der Waals surface area contributed by atoms with Gasteiger partial charge in [0.05, 0.1) is 0 Å². The van der Waals surface area contributed by atoms with E-state index < -0.39 is 0 Å². The topological polar surface area (TPSA) is 29.3 Å². The summed E-state index contributed by atoms with van der Waals surface area (Å²) in [5.41, 5.74) is 10.4. The highest BCUT2D eigenvalue weighted by molar-refractivity contribution is 5.37. The Bertz CT molecular complexity index is 421. The van der Waals surface area contributed by atoms with Crippen molar-refractivity contribution in [1.82, 2.24) is 4.90 Å². The molecule has 18 heavy (non-hydrogen) atoms. The molecule has 1 aliphatic carbocycles. The minimum Gasteiger partial charge on any atom is -0.329 e. The first-order valence-electron chi connectivity index (χ1n) is 7.35. The van der Waals surface area contributed by atoms with Crippen molar-refractivity contribution < 1.29 is 0 Å². The zero-order valence-corrected chi connectivity index (χ0v) is 11.4. The third-order valence-corrected chi connectivity index (χ3v) is 4.68. The van der Waals surface area contributed by atoms with Crippen molar-refractivity contribution in [2.45, 2.75) is 57.7 Å². The highest BCUT2D eigenvalue weighted by atomic mass is 15.2. The molecule has 1 saturated carbocycles. The summed E-state index contributed by atoms with van der Waals surface area (Å²) in [4.78, 5) is 2.67. The SMILES string of the molecule is Cc1ccc2c(c1)C(CN)N(C1CCCCC1)C2. The van der Waals surface area contributed by atoms with E-state index in [4.69, 9.17) is 5.73 Å². The van der Waals surface area contributed by atoms with Crippen LogP contribution in [0.25, 0.3) is 0 Å². The lowest BCUT2D eigenvalue weighted by Gasteiger charge is -2.35. The molecule has 1 aliphatic heterocycles. The maximum atomic E-state index is 6.05. The number of nitrogens with zero attached hydrogens (tertiary/aromatic N) is 1. The molecule has 0 saturated heterocycles. The van der Waals surface area contributed by atoms with Gasteiger partial charge in [-0.25, -0.2) is 0 Å². The van der Waals surface area contributed by atoms with Crippen LogP contribution in [0.3, 0.4) is 0 Å². The summed E-state index contributed by atoms with van der Waals surface area (Å²) in [6.07, 6.45) is 6.94. The van der Waals surface area contributed by atoms with Crippen molar-refractivity contribution in [2.75, 3.05) is 6.54 Å². The molecule has 0 radical (unpaired) electrons. The monoisotopic (exact) mass is 244 g/mol. The van der Waals surface area contributed by atoms with Gasteiger partial charge in [0.1, 0.15) is 0 Å². The average molecular weight is 244 g/mol. The van der Waals surface area contributed by atoms with Crippen molar-refractivity contribution in [3.8, 4) is 0 Å². The van der Waals surface area contributed by atoms with Crippen molar-refractivity contribution in [3.05, 3.63) is 34.9 Å². The van der Waals surface area contributed by atoms with E-state index in [9.17, 15) is 0 Å². The first-order chi connectivity index (χ1) is 8.79. The van der Waals surface area contributed by atoms with Gasteiger partial charge < -0.3 is 5.73 Å². The average Bonchev–Trinajstić information content (AvgIpc) is 2.77. The normalized spacial score (nSPS) is 25.3. The van der Waals surface area contributed by atoms with E-state index in [1.807, 2.05) is 0 Å². The molecule has 2 heteroatoms. The lowest BCUT2D eigenvalue weighted by molar-refractivity contribution is 0.117. The van der Waals surface area contributed by atoms with Crippen LogP contribution in [0, 0.1) is 6.92 Å². The third kappa shape index (κ3) is 2.08. The third-order valence-electron chi connectivity index (χ3n) is 4.68. The zero-order valence-electron chi connectivity index (χ0n) is 11.4. The Balaban J connectivity index is 1.86. The van der Waals surface area contributed by atoms with Crippen molar-refractivity contribution in [2.24, 2.45) is 5.73 Å². The predicted molar refractivity (Wildman–Crippen MR) is 75.4 cm³/mol. The van der Waals surface area contributed by atoms with Gasteiger partial charge in [-0.15, -0.1) is 0 Å². The van der Waals surface area contributed by atoms with Gasteiger partial charge in [-0.1, -0.05) is 43.0 Å². The van der Waals surface area contributed by atoms with Crippen LogP contribution in [0.4, 0.5) is 0 Å². The molecule has 2 nitrogen and oxygen atoms in total. The number of fused-ring (bicyclic) bond motifs is 1. The molecule has 1 atom stereocenters. The number of nitrogens with two attached hydrogens (primary N) is 1. The molecule has 1 aromatic rings. The maximum Gasteiger partial charge on any atom is 0.0480 e. The van der Waals surface area contributed by atoms with Crippen LogP contribution >= 0.6 is 0 Å². The number of hydrogen-bond acceptors (Lipinski definition) is 2. The summed E-state index contributed by atoms with van der Waals surface area (Å²) < 4.78 is 0. The van der Waals surface area contributed by atoms with Crippen LogP contribution in [0.5, 0.6) is 0 Å². The van der Waals surface area contributed by atoms with Gasteiger partial charge in [0.2, 0.25) is 0 Å². The molecule has 3 rings (SSSR count). The van der Waals surface area contributed by atoms with Gasteiger partial charge in [0.15, 0.2) is 0 Å². The Hall–Kier alpha value is -0.860. The van der Waals surface area contributed by atoms with E-state index in [1.165, 1.54) is 48.8 Å². The Kier molecular flexibility index (Phi) is 3.40. The fraction of sp³-hybridized carbons (Fsp3) is 0.625. The second-order valence-corrected chi connectivity index (χ2v) is 5.92. The van der Waals surface area contributed by atoms with Crippen LogP contribution in [0.15, 0.2) is 18.2 Å². The lowest BCUT2D eigenvalue weighted by Crippen LogP contribution is -2.38. The lowest BCUT2D eigenvalue weighted by atomic mass is 9.93. The predicted octanol–water partition coefficient (Wildman–Crippen LogP) is 3.14. The quantitative estimate of drug-likeness (QED) is 0.866. The van der Waals surface area contributed by atoms with Crippen LogP contribution in [-0.2, 0) is 6.54 Å². The fourth-order valence-electron chi connectivity index (χ4n) is 3.71. The van der Waals surface area contributed by atoms with Gasteiger partial charge in [-0.05, 0) is 30.9 Å². The Labute approximate surface area is 110 Å². The largest absolute Gasteiger partial charge is 0.329 e. The van der Waals surface area contributed by atoms with Crippen LogP contribution < -0.4 is 5.73 Å². The number of benzene rings is 1. The summed E-state index contributed by atoms with van der Waals surface area (Å²) in [6.45, 7) is 4.05. The van der Waals surface area contributed by atoms with Crippen LogP contribution in [-0.4, -0.2) is 17.5 Å². The molecular formula is C16H24N2. The molecule has 1 aromatic carbocycles. The highest BCUT2D eigenvalue weighted by Gasteiger charge is 2.34. The summed E-state index contributed by atoms with van der Waals surface area (Å²) in [7, 11) is 0. The van der Waals surface area contributed by atoms with Gasteiger partial charge in [0.25, 0.3) is 0 Å². The Morgan fingerprint density at radius 3 is 2.72 bits per heavy atom. The molecule has 0 amide bonds. The second-order valence-electron chi connectivity index (χ2n) is 5.92. The van der Waals surface area contributed by atoms with Crippen molar-refractivity contribution in [3.63, 3.8) is 0 Å². The molecule has 1 heterocycles. The fourth-order valence-corrected chi connectivity index (χ4v) is 3.71. The van der Waals surface area contributed by atoms with E-state index in [2.05, 4.69) is 30.0 Å². The maximum absolute atomic E-state index is 6.05. The van der Waals surface area contributed by atoms with Crippen molar-refractivity contribution >= 4 is 0 Å². The highest BCUT2D eigenvalue weighted by Crippen LogP contribution is 2.38. The minimum atomic E-state index is 0.461. The van der Waals surface area contributed by atoms with E-state index >= 15 is 0 Å². The number of hydrogen-bond donors (Lipinski definition) is 1. The number of rotatable bonds is 2. The first kappa shape index (κ1) is 12.2. The smallest absolute Gasteiger partial charge is 0.0480 e. The summed E-state index contributed by atoms with van der Waals surface area (Å²) in [5, 5.41) is 0. The van der Waals surface area contributed by atoms with Gasteiger partial charge >= 0.3 is 0 Å². The molecule has 0 spiro atoms. The van der Waals surface area contributed by atoms with Crippen molar-refractivity contribution in [1.29, 1.82) is 0 Å². The molecule has 2 aliphatic rings. The van der Waals surface area contributed by atoms with Gasteiger partial charge in [0, 0.05) is 25.2 Å². The number of aryl methyl sites for hydroxylation is 1. The summed E-state index contributed by atoms with van der Waals surface area (Å²) >= 11 is 0.